The highest BCUT2D eigenvalue weighted by atomic mass is 28.4. The maximum absolute atomic E-state index is 11.9. The molecule has 1 fully saturated rings. The molecule has 0 N–H and O–H groups in total. The van der Waals surface area contributed by atoms with Crippen molar-refractivity contribution >= 4 is 14.3 Å². The Morgan fingerprint density at radius 2 is 1.88 bits per heavy atom. The molecular formula is C12H24O4Si. The van der Waals surface area contributed by atoms with Gasteiger partial charge in [-0.3, -0.25) is 4.79 Å². The highest BCUT2D eigenvalue weighted by Gasteiger charge is 2.49. The molecule has 0 heterocycles. The Hall–Kier alpha value is -0.393. The van der Waals surface area contributed by atoms with Gasteiger partial charge in [0, 0.05) is 13.5 Å². The minimum Gasteiger partial charge on any atom is -0.469 e. The summed E-state index contributed by atoms with van der Waals surface area (Å²) in [5.41, 5.74) is 0. The van der Waals surface area contributed by atoms with Crippen molar-refractivity contribution in [2.75, 3.05) is 14.2 Å². The van der Waals surface area contributed by atoms with Crippen LogP contribution in [-0.4, -0.2) is 34.3 Å². The minimum absolute atomic E-state index is 0.218. The molecule has 0 aromatic heterocycles. The van der Waals surface area contributed by atoms with Gasteiger partial charge in [0.1, 0.15) is 5.92 Å². The maximum atomic E-state index is 11.9. The fourth-order valence-electron chi connectivity index (χ4n) is 2.48. The predicted octanol–water partition coefficient (Wildman–Crippen LogP) is 2.54. The Morgan fingerprint density at radius 1 is 1.24 bits per heavy atom. The summed E-state index contributed by atoms with van der Waals surface area (Å²) in [6, 6.07) is 0. The zero-order valence-electron chi connectivity index (χ0n) is 11.5. The van der Waals surface area contributed by atoms with Gasteiger partial charge in [0.05, 0.1) is 7.11 Å². The van der Waals surface area contributed by atoms with Gasteiger partial charge in [0.2, 0.25) is 0 Å². The molecule has 1 unspecified atom stereocenters. The van der Waals surface area contributed by atoms with Crippen molar-refractivity contribution in [2.45, 2.75) is 51.1 Å². The molecule has 0 aliphatic heterocycles. The normalized spacial score (nSPS) is 30.1. The first-order valence-electron chi connectivity index (χ1n) is 6.18. The highest BCUT2D eigenvalue weighted by Crippen LogP contribution is 2.40. The van der Waals surface area contributed by atoms with E-state index < -0.39 is 14.1 Å². The average Bonchev–Trinajstić information content (AvgIpc) is 2.26. The van der Waals surface area contributed by atoms with Gasteiger partial charge in [0.15, 0.2) is 14.1 Å². The van der Waals surface area contributed by atoms with E-state index in [1.54, 1.807) is 7.11 Å². The lowest BCUT2D eigenvalue weighted by molar-refractivity contribution is -0.229. The van der Waals surface area contributed by atoms with Crippen LogP contribution in [0.2, 0.25) is 19.6 Å². The number of carbonyl (C=O) groups excluding carboxylic acids is 1. The van der Waals surface area contributed by atoms with E-state index in [9.17, 15) is 4.79 Å². The molecule has 2 atom stereocenters. The van der Waals surface area contributed by atoms with Crippen molar-refractivity contribution in [3.63, 3.8) is 0 Å². The molecular weight excluding hydrogens is 236 g/mol. The zero-order valence-corrected chi connectivity index (χ0v) is 12.5. The van der Waals surface area contributed by atoms with Crippen LogP contribution in [0.5, 0.6) is 0 Å². The standard InChI is InChI=1S/C12H24O4Si/c1-14-11(13)10-8-6-7-9-12(10,15-2)16-17(3,4)5/h10H,6-9H2,1-5H3/t10?,12-/m1/s1. The summed E-state index contributed by atoms with van der Waals surface area (Å²) >= 11 is 0. The van der Waals surface area contributed by atoms with Crippen LogP contribution in [0.4, 0.5) is 0 Å². The second kappa shape index (κ2) is 5.50. The second-order valence-corrected chi connectivity index (χ2v) is 9.98. The van der Waals surface area contributed by atoms with Crippen LogP contribution in [0.1, 0.15) is 25.7 Å². The number of hydrogen-bond acceptors (Lipinski definition) is 4. The number of hydrogen-bond donors (Lipinski definition) is 0. The summed E-state index contributed by atoms with van der Waals surface area (Å²) in [6.45, 7) is 6.32. The summed E-state index contributed by atoms with van der Waals surface area (Å²) in [4.78, 5) is 11.9. The van der Waals surface area contributed by atoms with Crippen molar-refractivity contribution in [3.8, 4) is 0 Å². The van der Waals surface area contributed by atoms with Crippen LogP contribution in [0.25, 0.3) is 0 Å². The molecule has 4 nitrogen and oxygen atoms in total. The van der Waals surface area contributed by atoms with E-state index in [1.165, 1.54) is 7.11 Å². The summed E-state index contributed by atoms with van der Waals surface area (Å²) < 4.78 is 16.6. The first kappa shape index (κ1) is 14.7. The van der Waals surface area contributed by atoms with Crippen LogP contribution in [0, 0.1) is 5.92 Å². The van der Waals surface area contributed by atoms with Gasteiger partial charge in [-0.25, -0.2) is 0 Å². The molecule has 1 saturated carbocycles. The molecule has 0 spiro atoms. The number of carbonyl (C=O) groups is 1. The molecule has 0 amide bonds. The predicted molar refractivity (Wildman–Crippen MR) is 68.1 cm³/mol. The van der Waals surface area contributed by atoms with E-state index in [2.05, 4.69) is 19.6 Å². The van der Waals surface area contributed by atoms with Crippen LogP contribution >= 0.6 is 0 Å². The van der Waals surface area contributed by atoms with Gasteiger partial charge in [0.25, 0.3) is 0 Å². The first-order chi connectivity index (χ1) is 7.84. The summed E-state index contributed by atoms with van der Waals surface area (Å²) in [7, 11) is 1.28. The molecule has 100 valence electrons. The molecule has 0 bridgehead atoms. The molecule has 1 aliphatic carbocycles. The van der Waals surface area contributed by atoms with E-state index in [4.69, 9.17) is 13.9 Å². The lowest BCUT2D eigenvalue weighted by atomic mass is 9.83. The zero-order chi connectivity index (χ0) is 13.1. The third-order valence-corrected chi connectivity index (χ3v) is 4.07. The number of esters is 1. The van der Waals surface area contributed by atoms with Crippen molar-refractivity contribution in [1.29, 1.82) is 0 Å². The molecule has 1 rings (SSSR count). The molecule has 0 saturated heterocycles. The van der Waals surface area contributed by atoms with Gasteiger partial charge >= 0.3 is 5.97 Å². The van der Waals surface area contributed by atoms with E-state index in [0.717, 1.165) is 25.7 Å². The van der Waals surface area contributed by atoms with Gasteiger partial charge in [-0.1, -0.05) is 6.42 Å². The smallest absolute Gasteiger partial charge is 0.314 e. The van der Waals surface area contributed by atoms with Gasteiger partial charge < -0.3 is 13.9 Å². The van der Waals surface area contributed by atoms with Crippen molar-refractivity contribution < 1.29 is 18.7 Å². The molecule has 5 heteroatoms. The van der Waals surface area contributed by atoms with Crippen LogP contribution in [-0.2, 0) is 18.7 Å². The monoisotopic (exact) mass is 260 g/mol. The Balaban J connectivity index is 2.94. The SMILES string of the molecule is COC(=O)C1CCCC[C@@]1(OC)O[Si](C)(C)C. The van der Waals surface area contributed by atoms with Crippen LogP contribution in [0.3, 0.4) is 0 Å². The first-order valence-corrected chi connectivity index (χ1v) is 9.58. The Labute approximate surface area is 105 Å². The van der Waals surface area contributed by atoms with E-state index in [-0.39, 0.29) is 11.9 Å². The summed E-state index contributed by atoms with van der Waals surface area (Å²) in [5, 5.41) is 0. The van der Waals surface area contributed by atoms with E-state index in [1.807, 2.05) is 0 Å². The average molecular weight is 260 g/mol. The molecule has 1 aliphatic rings. The molecule has 0 radical (unpaired) electrons. The number of methoxy groups -OCH3 is 2. The molecule has 17 heavy (non-hydrogen) atoms. The number of rotatable bonds is 4. The van der Waals surface area contributed by atoms with E-state index >= 15 is 0 Å². The topological polar surface area (TPSA) is 44.8 Å². The third-order valence-electron chi connectivity index (χ3n) is 3.11. The molecule has 0 aromatic rings. The molecule has 0 aromatic carbocycles. The fourth-order valence-corrected chi connectivity index (χ4v) is 3.84. The van der Waals surface area contributed by atoms with Crippen molar-refractivity contribution in [2.24, 2.45) is 5.92 Å². The second-order valence-electron chi connectivity index (χ2n) is 5.55. The quantitative estimate of drug-likeness (QED) is 0.443. The Morgan fingerprint density at radius 3 is 2.35 bits per heavy atom. The fraction of sp³-hybridized carbons (Fsp3) is 0.917. The van der Waals surface area contributed by atoms with Gasteiger partial charge in [-0.2, -0.15) is 0 Å². The highest BCUT2D eigenvalue weighted by molar-refractivity contribution is 6.69. The summed E-state index contributed by atoms with van der Waals surface area (Å²) in [6.07, 6.45) is 3.62. The van der Waals surface area contributed by atoms with E-state index in [0.29, 0.717) is 0 Å². The Bertz CT molecular complexity index is 274. The van der Waals surface area contributed by atoms with Crippen LogP contribution in [0.15, 0.2) is 0 Å². The largest absolute Gasteiger partial charge is 0.469 e. The van der Waals surface area contributed by atoms with Crippen molar-refractivity contribution in [3.05, 3.63) is 0 Å². The Kier molecular flexibility index (Phi) is 4.74. The summed E-state index contributed by atoms with van der Waals surface area (Å²) in [5.74, 6) is -1.28. The van der Waals surface area contributed by atoms with Gasteiger partial charge in [-0.05, 0) is 32.5 Å². The van der Waals surface area contributed by atoms with Crippen LogP contribution < -0.4 is 0 Å². The number of ether oxygens (including phenoxy) is 2. The minimum atomic E-state index is -1.77. The lowest BCUT2D eigenvalue weighted by Crippen LogP contribution is -2.53. The van der Waals surface area contributed by atoms with Crippen molar-refractivity contribution in [1.82, 2.24) is 0 Å². The third kappa shape index (κ3) is 3.53. The van der Waals surface area contributed by atoms with Gasteiger partial charge in [-0.15, -0.1) is 0 Å². The lowest BCUT2D eigenvalue weighted by Gasteiger charge is -2.44. The maximum Gasteiger partial charge on any atom is 0.314 e.